The summed E-state index contributed by atoms with van der Waals surface area (Å²) < 4.78 is 10.7. The number of aryl methyl sites for hydroxylation is 1. The minimum atomic E-state index is -0.969. The molecule has 1 saturated carbocycles. The van der Waals surface area contributed by atoms with Gasteiger partial charge in [0.25, 0.3) is 0 Å². The summed E-state index contributed by atoms with van der Waals surface area (Å²) in [5.41, 5.74) is 1.83. The highest BCUT2D eigenvalue weighted by Gasteiger charge is 2.33. The standard InChI is InChI=1S/C22H25NO5/c1-27-18-10-11-20(28-2)16(13-18)14-23(17-8-9-17)21(24)12-7-15-5-3-4-6-19(15)22(25)26/h3-6,10-11,13,17H,7-9,12,14H2,1-2H3,(H,25,26). The first-order valence-electron chi connectivity index (χ1n) is 9.35. The second-order valence-electron chi connectivity index (χ2n) is 6.89. The highest BCUT2D eigenvalue weighted by Crippen LogP contribution is 2.32. The Balaban J connectivity index is 1.73. The van der Waals surface area contributed by atoms with Crippen LogP contribution in [0.15, 0.2) is 42.5 Å². The SMILES string of the molecule is COc1ccc(OC)c(CN(C(=O)CCc2ccccc2C(=O)O)C2CC2)c1. The molecule has 0 radical (unpaired) electrons. The molecule has 3 rings (SSSR count). The van der Waals surface area contributed by atoms with Crippen LogP contribution in [0.5, 0.6) is 11.5 Å². The van der Waals surface area contributed by atoms with Crippen molar-refractivity contribution in [1.82, 2.24) is 4.90 Å². The van der Waals surface area contributed by atoms with Gasteiger partial charge in [0.15, 0.2) is 0 Å². The molecule has 1 N–H and O–H groups in total. The number of nitrogens with zero attached hydrogens (tertiary/aromatic N) is 1. The van der Waals surface area contributed by atoms with E-state index in [1.165, 1.54) is 0 Å². The van der Waals surface area contributed by atoms with Crippen LogP contribution in [-0.2, 0) is 17.8 Å². The molecule has 1 fully saturated rings. The lowest BCUT2D eigenvalue weighted by atomic mass is 10.0. The molecule has 0 aromatic heterocycles. The van der Waals surface area contributed by atoms with Crippen molar-refractivity contribution in [3.05, 3.63) is 59.2 Å². The van der Waals surface area contributed by atoms with Gasteiger partial charge in [0.2, 0.25) is 5.91 Å². The van der Waals surface area contributed by atoms with Crippen molar-refractivity contribution in [2.24, 2.45) is 0 Å². The Labute approximate surface area is 164 Å². The van der Waals surface area contributed by atoms with Gasteiger partial charge in [-0.3, -0.25) is 4.79 Å². The Morgan fingerprint density at radius 2 is 1.82 bits per heavy atom. The number of benzene rings is 2. The Morgan fingerprint density at radius 3 is 2.46 bits per heavy atom. The van der Waals surface area contributed by atoms with Gasteiger partial charge in [-0.2, -0.15) is 0 Å². The Hall–Kier alpha value is -3.02. The summed E-state index contributed by atoms with van der Waals surface area (Å²) in [4.78, 5) is 26.2. The topological polar surface area (TPSA) is 76.1 Å². The van der Waals surface area contributed by atoms with E-state index in [0.717, 1.165) is 29.9 Å². The van der Waals surface area contributed by atoms with Crippen LogP contribution in [-0.4, -0.2) is 42.1 Å². The lowest BCUT2D eigenvalue weighted by Crippen LogP contribution is -2.33. The van der Waals surface area contributed by atoms with E-state index >= 15 is 0 Å². The molecule has 0 spiro atoms. The number of ether oxygens (including phenoxy) is 2. The number of aromatic carboxylic acids is 1. The van der Waals surface area contributed by atoms with E-state index < -0.39 is 5.97 Å². The van der Waals surface area contributed by atoms with Crippen LogP contribution in [0.25, 0.3) is 0 Å². The number of amides is 1. The van der Waals surface area contributed by atoms with E-state index in [1.54, 1.807) is 38.5 Å². The average molecular weight is 383 g/mol. The molecule has 0 aliphatic heterocycles. The van der Waals surface area contributed by atoms with Crippen LogP contribution in [0.2, 0.25) is 0 Å². The first-order valence-corrected chi connectivity index (χ1v) is 9.35. The van der Waals surface area contributed by atoms with Crippen LogP contribution in [0.3, 0.4) is 0 Å². The molecule has 0 saturated heterocycles. The number of carboxylic acid groups (broad SMARTS) is 1. The van der Waals surface area contributed by atoms with Crippen LogP contribution in [0.1, 0.15) is 40.7 Å². The van der Waals surface area contributed by atoms with Crippen molar-refractivity contribution < 1.29 is 24.2 Å². The van der Waals surface area contributed by atoms with Gasteiger partial charge in [-0.15, -0.1) is 0 Å². The fourth-order valence-corrected chi connectivity index (χ4v) is 3.33. The van der Waals surface area contributed by atoms with Crippen LogP contribution in [0.4, 0.5) is 0 Å². The molecular formula is C22H25NO5. The first kappa shape index (κ1) is 19.7. The molecule has 1 aliphatic carbocycles. The van der Waals surface area contributed by atoms with E-state index in [1.807, 2.05) is 23.1 Å². The molecule has 0 unspecified atom stereocenters. The number of carbonyl (C=O) groups excluding carboxylic acids is 1. The zero-order chi connectivity index (χ0) is 20.1. The number of hydrogen-bond acceptors (Lipinski definition) is 4. The molecular weight excluding hydrogens is 358 g/mol. The lowest BCUT2D eigenvalue weighted by molar-refractivity contribution is -0.132. The van der Waals surface area contributed by atoms with Crippen LogP contribution < -0.4 is 9.47 Å². The van der Waals surface area contributed by atoms with Crippen molar-refractivity contribution in [2.75, 3.05) is 14.2 Å². The minimum Gasteiger partial charge on any atom is -0.497 e. The second kappa shape index (κ2) is 8.78. The predicted molar refractivity (Wildman–Crippen MR) is 105 cm³/mol. The van der Waals surface area contributed by atoms with Gasteiger partial charge in [-0.25, -0.2) is 4.79 Å². The predicted octanol–water partition coefficient (Wildman–Crippen LogP) is 3.53. The maximum atomic E-state index is 12.9. The molecule has 1 aliphatic rings. The summed E-state index contributed by atoms with van der Waals surface area (Å²) in [7, 11) is 3.22. The zero-order valence-electron chi connectivity index (χ0n) is 16.2. The molecule has 1 amide bonds. The van der Waals surface area contributed by atoms with Crippen molar-refractivity contribution >= 4 is 11.9 Å². The van der Waals surface area contributed by atoms with Gasteiger partial charge >= 0.3 is 5.97 Å². The van der Waals surface area contributed by atoms with E-state index in [0.29, 0.717) is 18.5 Å². The molecule has 0 bridgehead atoms. The zero-order valence-corrected chi connectivity index (χ0v) is 16.2. The van der Waals surface area contributed by atoms with Gasteiger partial charge in [-0.05, 0) is 49.1 Å². The Bertz CT molecular complexity index is 860. The summed E-state index contributed by atoms with van der Waals surface area (Å²) in [6.45, 7) is 0.449. The molecule has 2 aromatic carbocycles. The van der Waals surface area contributed by atoms with Gasteiger partial charge in [-0.1, -0.05) is 18.2 Å². The van der Waals surface area contributed by atoms with E-state index in [2.05, 4.69) is 0 Å². The van der Waals surface area contributed by atoms with E-state index in [9.17, 15) is 14.7 Å². The van der Waals surface area contributed by atoms with Crippen LogP contribution >= 0.6 is 0 Å². The molecule has 0 atom stereocenters. The van der Waals surface area contributed by atoms with Gasteiger partial charge in [0.1, 0.15) is 11.5 Å². The van der Waals surface area contributed by atoms with Crippen LogP contribution in [0, 0.1) is 0 Å². The van der Waals surface area contributed by atoms with Gasteiger partial charge in [0.05, 0.1) is 19.8 Å². The molecule has 28 heavy (non-hydrogen) atoms. The quantitative estimate of drug-likeness (QED) is 0.717. The smallest absolute Gasteiger partial charge is 0.335 e. The molecule has 6 nitrogen and oxygen atoms in total. The summed E-state index contributed by atoms with van der Waals surface area (Å²) >= 11 is 0. The summed E-state index contributed by atoms with van der Waals surface area (Å²) in [6, 6.07) is 12.6. The highest BCUT2D eigenvalue weighted by atomic mass is 16.5. The van der Waals surface area contributed by atoms with E-state index in [4.69, 9.17) is 9.47 Å². The van der Waals surface area contributed by atoms with Gasteiger partial charge < -0.3 is 19.5 Å². The Morgan fingerprint density at radius 1 is 1.07 bits per heavy atom. The van der Waals surface area contributed by atoms with Crippen molar-refractivity contribution in [2.45, 2.75) is 38.3 Å². The molecule has 2 aromatic rings. The molecule has 0 heterocycles. The second-order valence-corrected chi connectivity index (χ2v) is 6.89. The third-order valence-corrected chi connectivity index (χ3v) is 4.99. The third kappa shape index (κ3) is 4.63. The summed E-state index contributed by atoms with van der Waals surface area (Å²) in [6.07, 6.45) is 2.65. The Kier molecular flexibility index (Phi) is 6.19. The van der Waals surface area contributed by atoms with Crippen molar-refractivity contribution in [3.8, 4) is 11.5 Å². The molecule has 148 valence electrons. The maximum Gasteiger partial charge on any atom is 0.335 e. The maximum absolute atomic E-state index is 12.9. The number of methoxy groups -OCH3 is 2. The van der Waals surface area contributed by atoms with Crippen molar-refractivity contribution in [3.63, 3.8) is 0 Å². The number of rotatable bonds is 9. The summed E-state index contributed by atoms with van der Waals surface area (Å²) in [5, 5.41) is 9.32. The molecule has 6 heteroatoms. The number of carboxylic acids is 1. The summed E-state index contributed by atoms with van der Waals surface area (Å²) in [5.74, 6) is 0.487. The van der Waals surface area contributed by atoms with Crippen molar-refractivity contribution in [1.29, 1.82) is 0 Å². The van der Waals surface area contributed by atoms with Gasteiger partial charge in [0, 0.05) is 24.6 Å². The number of hydrogen-bond donors (Lipinski definition) is 1. The average Bonchev–Trinajstić information content (AvgIpc) is 3.55. The normalized spacial score (nSPS) is 13.1. The largest absolute Gasteiger partial charge is 0.497 e. The first-order chi connectivity index (χ1) is 13.5. The lowest BCUT2D eigenvalue weighted by Gasteiger charge is -2.24. The highest BCUT2D eigenvalue weighted by molar-refractivity contribution is 5.89. The van der Waals surface area contributed by atoms with E-state index in [-0.39, 0.29) is 23.9 Å². The minimum absolute atomic E-state index is 0.0209. The number of carbonyl (C=O) groups is 2. The fourth-order valence-electron chi connectivity index (χ4n) is 3.33. The third-order valence-electron chi connectivity index (χ3n) is 4.99. The fraction of sp³-hybridized carbons (Fsp3) is 0.364. The monoisotopic (exact) mass is 383 g/mol.